The Kier molecular flexibility index (Phi) is 5.57. The number of ether oxygens (including phenoxy) is 2. The van der Waals surface area contributed by atoms with Crippen LogP contribution in [-0.4, -0.2) is 26.9 Å². The molecule has 2 heteroatoms. The lowest BCUT2D eigenvalue weighted by molar-refractivity contribution is 0.137. The fourth-order valence-electron chi connectivity index (χ4n) is 0.480. The Hall–Kier alpha value is -0.340. The van der Waals surface area contributed by atoms with Crippen LogP contribution in [0.3, 0.4) is 0 Å². The van der Waals surface area contributed by atoms with Crippen LogP contribution in [0.2, 0.25) is 0 Å². The Morgan fingerprint density at radius 2 is 2.22 bits per heavy atom. The third-order valence-corrected chi connectivity index (χ3v) is 1.000. The van der Waals surface area contributed by atoms with E-state index < -0.39 is 0 Å². The fourth-order valence-corrected chi connectivity index (χ4v) is 0.480. The molecule has 0 bridgehead atoms. The first-order valence-electron chi connectivity index (χ1n) is 2.82. The average Bonchev–Trinajstić information content (AvgIpc) is 1.91. The average molecular weight is 129 g/mol. The smallest absolute Gasteiger partial charge is 0.0804 e. The van der Waals surface area contributed by atoms with Gasteiger partial charge in [-0.2, -0.15) is 0 Å². The van der Waals surface area contributed by atoms with E-state index in [2.05, 4.69) is 6.58 Å². The molecule has 1 radical (unpaired) electrons. The molecule has 0 N–H and O–H groups in total. The van der Waals surface area contributed by atoms with Gasteiger partial charge in [-0.25, -0.2) is 0 Å². The molecular formula is C7H13O2. The lowest BCUT2D eigenvalue weighted by atomic mass is 10.3. The molecule has 0 rings (SSSR count). The van der Waals surface area contributed by atoms with Gasteiger partial charge in [0.1, 0.15) is 0 Å². The van der Waals surface area contributed by atoms with Gasteiger partial charge in [-0.05, 0) is 0 Å². The van der Waals surface area contributed by atoms with Gasteiger partial charge in [0.05, 0.1) is 12.7 Å². The second kappa shape index (κ2) is 5.79. The zero-order chi connectivity index (χ0) is 7.11. The Labute approximate surface area is 56.5 Å². The highest BCUT2D eigenvalue weighted by Crippen LogP contribution is 1.95. The van der Waals surface area contributed by atoms with Crippen LogP contribution < -0.4 is 0 Å². The van der Waals surface area contributed by atoms with Crippen molar-refractivity contribution < 1.29 is 9.47 Å². The Morgan fingerprint density at radius 1 is 1.56 bits per heavy atom. The van der Waals surface area contributed by atoms with Gasteiger partial charge in [-0.3, -0.25) is 0 Å². The number of rotatable bonds is 5. The molecule has 0 saturated heterocycles. The molecule has 1 atom stereocenters. The van der Waals surface area contributed by atoms with Crippen LogP contribution in [0, 0.1) is 6.42 Å². The van der Waals surface area contributed by atoms with E-state index in [0.29, 0.717) is 6.61 Å². The topological polar surface area (TPSA) is 18.5 Å². The van der Waals surface area contributed by atoms with E-state index >= 15 is 0 Å². The maximum Gasteiger partial charge on any atom is 0.0804 e. The van der Waals surface area contributed by atoms with Crippen LogP contribution in [-0.2, 0) is 9.47 Å². The monoisotopic (exact) mass is 129 g/mol. The summed E-state index contributed by atoms with van der Waals surface area (Å²) in [6.45, 7) is 4.17. The van der Waals surface area contributed by atoms with Gasteiger partial charge in [0.2, 0.25) is 0 Å². The van der Waals surface area contributed by atoms with Gasteiger partial charge in [0.25, 0.3) is 0 Å². The molecule has 0 spiro atoms. The molecule has 0 aliphatic rings. The van der Waals surface area contributed by atoms with Crippen LogP contribution >= 0.6 is 0 Å². The van der Waals surface area contributed by atoms with Gasteiger partial charge in [0, 0.05) is 20.6 Å². The molecule has 1 unspecified atom stereocenters. The van der Waals surface area contributed by atoms with Crippen LogP contribution in [0.5, 0.6) is 0 Å². The minimum Gasteiger partial charge on any atom is -0.384 e. The second-order valence-corrected chi connectivity index (χ2v) is 1.63. The third-order valence-electron chi connectivity index (χ3n) is 1.000. The molecule has 0 aromatic heterocycles. The summed E-state index contributed by atoms with van der Waals surface area (Å²) in [5.74, 6) is 0. The first-order chi connectivity index (χ1) is 4.35. The van der Waals surface area contributed by atoms with E-state index in [0.717, 1.165) is 0 Å². The van der Waals surface area contributed by atoms with E-state index in [4.69, 9.17) is 9.47 Å². The summed E-state index contributed by atoms with van der Waals surface area (Å²) in [7, 11) is 3.28. The van der Waals surface area contributed by atoms with Crippen molar-refractivity contribution in [1.29, 1.82) is 0 Å². The Balaban J connectivity index is 3.20. The molecule has 2 nitrogen and oxygen atoms in total. The molecule has 0 aliphatic heterocycles. The van der Waals surface area contributed by atoms with Gasteiger partial charge >= 0.3 is 0 Å². The maximum atomic E-state index is 4.95. The van der Waals surface area contributed by atoms with E-state index in [-0.39, 0.29) is 6.10 Å². The summed E-state index contributed by atoms with van der Waals surface area (Å²) < 4.78 is 9.74. The van der Waals surface area contributed by atoms with Gasteiger partial charge in [-0.15, -0.1) is 6.58 Å². The first kappa shape index (κ1) is 8.66. The maximum absolute atomic E-state index is 4.95. The summed E-state index contributed by atoms with van der Waals surface area (Å²) >= 11 is 0. The molecule has 0 heterocycles. The predicted octanol–water partition coefficient (Wildman–Crippen LogP) is 1.04. The standard InChI is InChI=1S/C7H13O2/c1-4-7(9-3)5-6-8-2/h4-5,7H,1,6H2,2-3H3. The molecule has 53 valence electrons. The normalized spacial score (nSPS) is 13.1. The van der Waals surface area contributed by atoms with Crippen molar-refractivity contribution >= 4 is 0 Å². The Morgan fingerprint density at radius 3 is 2.56 bits per heavy atom. The lowest BCUT2D eigenvalue weighted by Gasteiger charge is -2.07. The van der Waals surface area contributed by atoms with E-state index in [9.17, 15) is 0 Å². The van der Waals surface area contributed by atoms with Gasteiger partial charge < -0.3 is 9.47 Å². The first-order valence-corrected chi connectivity index (χ1v) is 2.82. The van der Waals surface area contributed by atoms with Crippen LogP contribution in [0.1, 0.15) is 0 Å². The highest BCUT2D eigenvalue weighted by molar-refractivity contribution is 4.90. The van der Waals surface area contributed by atoms with Crippen molar-refractivity contribution in [2.24, 2.45) is 0 Å². The zero-order valence-corrected chi connectivity index (χ0v) is 5.96. The van der Waals surface area contributed by atoms with Crippen LogP contribution in [0.25, 0.3) is 0 Å². The van der Waals surface area contributed by atoms with Crippen molar-refractivity contribution in [2.75, 3.05) is 20.8 Å². The van der Waals surface area contributed by atoms with Crippen LogP contribution in [0.15, 0.2) is 12.7 Å². The minimum absolute atomic E-state index is 0.0185. The molecular weight excluding hydrogens is 116 g/mol. The van der Waals surface area contributed by atoms with E-state index in [1.54, 1.807) is 20.3 Å². The van der Waals surface area contributed by atoms with Crippen molar-refractivity contribution in [1.82, 2.24) is 0 Å². The summed E-state index contributed by atoms with van der Waals surface area (Å²) in [5, 5.41) is 0. The molecule has 0 aromatic rings. The lowest BCUT2D eigenvalue weighted by Crippen LogP contribution is -2.10. The second-order valence-electron chi connectivity index (χ2n) is 1.63. The van der Waals surface area contributed by atoms with Crippen molar-refractivity contribution in [3.8, 4) is 0 Å². The van der Waals surface area contributed by atoms with Crippen LogP contribution in [0.4, 0.5) is 0 Å². The highest BCUT2D eigenvalue weighted by atomic mass is 16.5. The third kappa shape index (κ3) is 4.18. The quantitative estimate of drug-likeness (QED) is 0.516. The SMILES string of the molecule is C=CC([CH]COC)OC. The molecule has 9 heavy (non-hydrogen) atoms. The van der Waals surface area contributed by atoms with E-state index in [1.807, 2.05) is 6.42 Å². The molecule has 0 aromatic carbocycles. The molecule has 0 aliphatic carbocycles. The van der Waals surface area contributed by atoms with Gasteiger partial charge in [-0.1, -0.05) is 6.08 Å². The summed E-state index contributed by atoms with van der Waals surface area (Å²) in [6, 6.07) is 0. The van der Waals surface area contributed by atoms with Crippen molar-refractivity contribution in [3.05, 3.63) is 19.1 Å². The summed E-state index contributed by atoms with van der Waals surface area (Å²) in [4.78, 5) is 0. The van der Waals surface area contributed by atoms with Gasteiger partial charge in [0.15, 0.2) is 0 Å². The molecule has 0 saturated carbocycles. The largest absolute Gasteiger partial charge is 0.384 e. The predicted molar refractivity (Wildman–Crippen MR) is 37.2 cm³/mol. The zero-order valence-electron chi connectivity index (χ0n) is 5.96. The Bertz CT molecular complexity index is 71.3. The highest BCUT2D eigenvalue weighted by Gasteiger charge is 1.99. The summed E-state index contributed by atoms with van der Waals surface area (Å²) in [6.07, 6.45) is 3.64. The molecule has 0 amide bonds. The number of hydrogen-bond acceptors (Lipinski definition) is 2. The molecule has 0 fully saturated rings. The minimum atomic E-state index is 0.0185. The van der Waals surface area contributed by atoms with Crippen molar-refractivity contribution in [2.45, 2.75) is 6.10 Å². The van der Waals surface area contributed by atoms with Crippen molar-refractivity contribution in [3.63, 3.8) is 0 Å². The van der Waals surface area contributed by atoms with E-state index in [1.165, 1.54) is 0 Å². The number of methoxy groups -OCH3 is 2. The number of hydrogen-bond donors (Lipinski definition) is 0. The summed E-state index contributed by atoms with van der Waals surface area (Å²) in [5.41, 5.74) is 0. The fraction of sp³-hybridized carbons (Fsp3) is 0.571.